The predicted octanol–water partition coefficient (Wildman–Crippen LogP) is 15.2. The number of fused-ring (bicyclic) bond motifs is 12. The van der Waals surface area contributed by atoms with E-state index in [-0.39, 0.29) is 12.0 Å². The molecule has 0 amide bonds. The first-order valence-electron chi connectivity index (χ1n) is 22.7. The summed E-state index contributed by atoms with van der Waals surface area (Å²) in [5.74, 6) is 0.0973. The monoisotopic (exact) mass is 841 g/mol. The third kappa shape index (κ3) is 4.93. The lowest BCUT2D eigenvalue weighted by Gasteiger charge is -2.36. The van der Waals surface area contributed by atoms with Crippen LogP contribution in [0.4, 0.5) is 11.4 Å². The van der Waals surface area contributed by atoms with Gasteiger partial charge in [0.05, 0.1) is 61.9 Å². The fourth-order valence-electron chi connectivity index (χ4n) is 11.6. The maximum Gasteiger partial charge on any atom is 0.104 e. The fourth-order valence-corrected chi connectivity index (χ4v) is 11.6. The van der Waals surface area contributed by atoms with Crippen LogP contribution in [0.25, 0.3) is 93.6 Å². The first-order valence-corrected chi connectivity index (χ1v) is 22.7. The zero-order valence-electron chi connectivity index (χ0n) is 35.8. The van der Waals surface area contributed by atoms with Gasteiger partial charge in [-0.25, -0.2) is 0 Å². The smallest absolute Gasteiger partial charge is 0.104 e. The van der Waals surface area contributed by atoms with Gasteiger partial charge in [0.1, 0.15) is 11.6 Å². The van der Waals surface area contributed by atoms with Gasteiger partial charge in [-0.05, 0) is 53.6 Å². The van der Waals surface area contributed by atoms with Crippen molar-refractivity contribution in [3.8, 4) is 34.3 Å². The van der Waals surface area contributed by atoms with Crippen LogP contribution in [0.15, 0.2) is 224 Å². The topological polar surface area (TPSA) is 41.8 Å². The van der Waals surface area contributed by atoms with E-state index in [9.17, 15) is 5.26 Å². The minimum atomic E-state index is -0.0710. The van der Waals surface area contributed by atoms with Gasteiger partial charge in [-0.3, -0.25) is 0 Å². The van der Waals surface area contributed by atoms with Gasteiger partial charge in [0.2, 0.25) is 0 Å². The van der Waals surface area contributed by atoms with Crippen LogP contribution in [-0.2, 0) is 0 Å². The van der Waals surface area contributed by atoms with E-state index in [4.69, 9.17) is 0 Å². The van der Waals surface area contributed by atoms with Crippen LogP contribution >= 0.6 is 0 Å². The molecule has 14 rings (SSSR count). The van der Waals surface area contributed by atoms with Crippen LogP contribution in [-0.4, -0.2) is 19.7 Å². The molecule has 0 saturated carbocycles. The Morgan fingerprint density at radius 2 is 0.742 bits per heavy atom. The van der Waals surface area contributed by atoms with Crippen molar-refractivity contribution >= 4 is 76.8 Å². The molecule has 0 spiro atoms. The standard InChI is InChI=1S/C61H39N5/c62-38-48-58(63-49-30-12-4-22-40(49)41-23-5-13-31-50(41)63)60(65-53-34-16-8-26-44(53)45-27-9-17-35-54(45)65)57(39-20-2-1-3-21-39)61(66-55-36-18-10-28-46(55)47-29-11-19-37-56(47)66)59(48)64-51-32-14-6-24-42(51)43-25-7-15-33-52(43)64/h1-37,44,53H. The highest BCUT2D eigenvalue weighted by Crippen LogP contribution is 2.57. The highest BCUT2D eigenvalue weighted by Gasteiger charge is 2.43. The number of benzene rings is 9. The molecule has 66 heavy (non-hydrogen) atoms. The normalized spacial score (nSPS) is 15.4. The number of nitriles is 1. The SMILES string of the molecule is N#Cc1c(-n2c3ccccc3c3ccccc32)c(N2c3ccccc3C3C=CC=CC32)c(-c2ccccc2)c(-n2c3ccccc3c3ccccc32)c1-n1c2ccccc2c2ccccc21. The molecule has 4 heterocycles. The Balaban J connectivity index is 1.33. The third-order valence-corrected chi connectivity index (χ3v) is 14.2. The van der Waals surface area contributed by atoms with Crippen molar-refractivity contribution in [2.45, 2.75) is 12.0 Å². The molecule has 12 aromatic rings. The quantitative estimate of drug-likeness (QED) is 0.173. The molecule has 0 bridgehead atoms. The molecule has 0 saturated heterocycles. The molecule has 5 nitrogen and oxygen atoms in total. The summed E-state index contributed by atoms with van der Waals surface area (Å²) in [5, 5.41) is 19.4. The molecule has 0 fully saturated rings. The summed E-state index contributed by atoms with van der Waals surface area (Å²) in [7, 11) is 0. The van der Waals surface area contributed by atoms with E-state index in [2.05, 4.69) is 249 Å². The summed E-state index contributed by atoms with van der Waals surface area (Å²) in [5.41, 5.74) is 14.9. The molecule has 1 aliphatic carbocycles. The third-order valence-electron chi connectivity index (χ3n) is 14.2. The molecule has 2 aliphatic rings. The van der Waals surface area contributed by atoms with Crippen molar-refractivity contribution in [3.05, 3.63) is 236 Å². The number of allylic oxidation sites excluding steroid dienone is 2. The second kappa shape index (κ2) is 14.1. The van der Waals surface area contributed by atoms with Gasteiger partial charge in [0, 0.05) is 49.5 Å². The molecular formula is C61H39N5. The lowest BCUT2D eigenvalue weighted by molar-refractivity contribution is 0.743. The molecule has 5 heteroatoms. The van der Waals surface area contributed by atoms with Crippen molar-refractivity contribution in [1.82, 2.24) is 13.7 Å². The Labute approximate surface area is 380 Å². The average Bonchev–Trinajstić information content (AvgIpc) is 4.11. The van der Waals surface area contributed by atoms with Crippen LogP contribution in [0.5, 0.6) is 0 Å². The van der Waals surface area contributed by atoms with E-state index in [1.165, 1.54) is 5.56 Å². The molecule has 9 aromatic carbocycles. The van der Waals surface area contributed by atoms with Crippen molar-refractivity contribution in [3.63, 3.8) is 0 Å². The number of nitrogens with zero attached hydrogens (tertiary/aromatic N) is 5. The Hall–Kier alpha value is -8.85. The molecule has 3 aromatic heterocycles. The molecule has 0 radical (unpaired) electrons. The molecule has 308 valence electrons. The summed E-state index contributed by atoms with van der Waals surface area (Å²) in [6.45, 7) is 0. The van der Waals surface area contributed by atoms with E-state index < -0.39 is 0 Å². The Morgan fingerprint density at radius 1 is 0.364 bits per heavy atom. The van der Waals surface area contributed by atoms with Gasteiger partial charge < -0.3 is 18.6 Å². The average molecular weight is 842 g/mol. The van der Waals surface area contributed by atoms with Crippen LogP contribution in [0, 0.1) is 11.3 Å². The summed E-state index contributed by atoms with van der Waals surface area (Å²) >= 11 is 0. The minimum absolute atomic E-state index is 0.0710. The highest BCUT2D eigenvalue weighted by molar-refractivity contribution is 6.16. The number of para-hydroxylation sites is 7. The summed E-state index contributed by atoms with van der Waals surface area (Å²) in [6, 6.07) is 74.9. The summed E-state index contributed by atoms with van der Waals surface area (Å²) < 4.78 is 7.25. The van der Waals surface area contributed by atoms with Crippen LogP contribution in [0.2, 0.25) is 0 Å². The number of anilines is 2. The van der Waals surface area contributed by atoms with Crippen molar-refractivity contribution in [2.24, 2.45) is 0 Å². The van der Waals surface area contributed by atoms with E-state index in [1.807, 2.05) is 0 Å². The van der Waals surface area contributed by atoms with Gasteiger partial charge in [-0.1, -0.05) is 182 Å². The maximum atomic E-state index is 12.6. The summed E-state index contributed by atoms with van der Waals surface area (Å²) in [4.78, 5) is 2.56. The lowest BCUT2D eigenvalue weighted by Crippen LogP contribution is -2.31. The van der Waals surface area contributed by atoms with E-state index >= 15 is 0 Å². The predicted molar refractivity (Wildman–Crippen MR) is 273 cm³/mol. The van der Waals surface area contributed by atoms with Gasteiger partial charge in [0.25, 0.3) is 0 Å². The molecule has 2 atom stereocenters. The Kier molecular flexibility index (Phi) is 7.81. The van der Waals surface area contributed by atoms with Crippen molar-refractivity contribution in [2.75, 3.05) is 4.90 Å². The van der Waals surface area contributed by atoms with Crippen LogP contribution in [0.1, 0.15) is 17.0 Å². The van der Waals surface area contributed by atoms with Gasteiger partial charge in [-0.15, -0.1) is 0 Å². The fraction of sp³-hybridized carbons (Fsp3) is 0.0328. The molecule has 2 unspecified atom stereocenters. The lowest BCUT2D eigenvalue weighted by atomic mass is 9.90. The van der Waals surface area contributed by atoms with Crippen LogP contribution in [0.3, 0.4) is 0 Å². The second-order valence-electron chi connectivity index (χ2n) is 17.4. The minimum Gasteiger partial charge on any atom is -0.331 e. The van der Waals surface area contributed by atoms with Gasteiger partial charge >= 0.3 is 0 Å². The van der Waals surface area contributed by atoms with Crippen LogP contribution < -0.4 is 4.90 Å². The highest BCUT2D eigenvalue weighted by atomic mass is 15.2. The largest absolute Gasteiger partial charge is 0.331 e. The number of hydrogen-bond acceptors (Lipinski definition) is 2. The number of rotatable bonds is 5. The Morgan fingerprint density at radius 3 is 1.21 bits per heavy atom. The van der Waals surface area contributed by atoms with Crippen molar-refractivity contribution in [1.29, 1.82) is 5.26 Å². The first kappa shape index (κ1) is 36.6. The molecular weight excluding hydrogens is 803 g/mol. The zero-order valence-corrected chi connectivity index (χ0v) is 35.8. The molecule has 1 aliphatic heterocycles. The first-order chi connectivity index (χ1) is 32.8. The number of hydrogen-bond donors (Lipinski definition) is 0. The molecule has 0 N–H and O–H groups in total. The van der Waals surface area contributed by atoms with Gasteiger partial charge in [-0.2, -0.15) is 5.26 Å². The van der Waals surface area contributed by atoms with Crippen molar-refractivity contribution < 1.29 is 0 Å². The summed E-state index contributed by atoms with van der Waals surface area (Å²) in [6.07, 6.45) is 9.07. The van der Waals surface area contributed by atoms with E-state index in [1.54, 1.807) is 0 Å². The second-order valence-corrected chi connectivity index (χ2v) is 17.4. The Bertz CT molecular complexity index is 3940. The van der Waals surface area contributed by atoms with Gasteiger partial charge in [0.15, 0.2) is 0 Å². The maximum absolute atomic E-state index is 12.6. The number of aromatic nitrogens is 3. The van der Waals surface area contributed by atoms with E-state index in [0.717, 1.165) is 105 Å². The van der Waals surface area contributed by atoms with E-state index in [0.29, 0.717) is 5.56 Å². The zero-order chi connectivity index (χ0) is 43.5.